The summed E-state index contributed by atoms with van der Waals surface area (Å²) in [7, 11) is 0. The number of hydrogen-bond acceptors (Lipinski definition) is 3. The van der Waals surface area contributed by atoms with Crippen LogP contribution >= 0.6 is 12.4 Å². The van der Waals surface area contributed by atoms with Gasteiger partial charge in [-0.15, -0.1) is 12.4 Å². The number of fused-ring (bicyclic) bond motifs is 2. The van der Waals surface area contributed by atoms with Crippen molar-refractivity contribution < 1.29 is 4.79 Å². The Hall–Kier alpha value is -2.37. The molecule has 29 heavy (non-hydrogen) atoms. The predicted molar refractivity (Wildman–Crippen MR) is 118 cm³/mol. The van der Waals surface area contributed by atoms with Gasteiger partial charge in [-0.25, -0.2) is 4.98 Å². The molecule has 1 aromatic heterocycles. The normalized spacial score (nSPS) is 19.4. The van der Waals surface area contributed by atoms with E-state index in [0.717, 1.165) is 53.9 Å². The second kappa shape index (κ2) is 8.17. The van der Waals surface area contributed by atoms with Crippen LogP contribution in [0, 0.1) is 0 Å². The number of rotatable bonds is 4. The van der Waals surface area contributed by atoms with E-state index in [9.17, 15) is 4.79 Å². The Kier molecular flexibility index (Phi) is 5.61. The lowest BCUT2D eigenvalue weighted by Gasteiger charge is -2.31. The summed E-state index contributed by atoms with van der Waals surface area (Å²) in [6.45, 7) is 6.09. The zero-order valence-corrected chi connectivity index (χ0v) is 17.6. The molecule has 1 atom stereocenters. The highest BCUT2D eigenvalue weighted by atomic mass is 35.5. The zero-order chi connectivity index (χ0) is 19.1. The third-order valence-electron chi connectivity index (χ3n) is 6.34. The number of nitrogens with zero attached hydrogens (tertiary/aromatic N) is 4. The van der Waals surface area contributed by atoms with E-state index in [1.807, 2.05) is 41.6 Å². The highest BCUT2D eigenvalue weighted by molar-refractivity contribution is 5.97. The monoisotopic (exact) mass is 410 g/mol. The Bertz CT molecular complexity index is 1030. The lowest BCUT2D eigenvalue weighted by atomic mass is 9.98. The fraction of sp³-hybridized carbons (Fsp3) is 0.391. The Morgan fingerprint density at radius 1 is 1.10 bits per heavy atom. The summed E-state index contributed by atoms with van der Waals surface area (Å²) in [4.78, 5) is 22.0. The zero-order valence-electron chi connectivity index (χ0n) is 16.8. The number of halogens is 1. The highest BCUT2D eigenvalue weighted by Crippen LogP contribution is 2.25. The van der Waals surface area contributed by atoms with Gasteiger partial charge in [-0.3, -0.25) is 14.3 Å². The van der Waals surface area contributed by atoms with Crippen LogP contribution in [0.3, 0.4) is 0 Å². The van der Waals surface area contributed by atoms with Gasteiger partial charge in [0.15, 0.2) is 0 Å². The quantitative estimate of drug-likeness (QED) is 0.654. The van der Waals surface area contributed by atoms with Crippen molar-refractivity contribution in [3.8, 4) is 5.69 Å². The van der Waals surface area contributed by atoms with E-state index < -0.39 is 0 Å². The van der Waals surface area contributed by atoms with Crippen LogP contribution in [0.5, 0.6) is 0 Å². The molecule has 0 bridgehead atoms. The second-order valence-electron chi connectivity index (χ2n) is 8.01. The Balaban J connectivity index is 0.00000205. The molecule has 0 saturated carbocycles. The second-order valence-corrected chi connectivity index (χ2v) is 8.01. The van der Waals surface area contributed by atoms with E-state index in [2.05, 4.69) is 33.5 Å². The lowest BCUT2D eigenvalue weighted by Crippen LogP contribution is -2.43. The van der Waals surface area contributed by atoms with Gasteiger partial charge in [0, 0.05) is 36.9 Å². The first-order chi connectivity index (χ1) is 13.7. The van der Waals surface area contributed by atoms with Crippen LogP contribution in [-0.4, -0.2) is 57.5 Å². The van der Waals surface area contributed by atoms with Gasteiger partial charge in [0.2, 0.25) is 0 Å². The smallest absolute Gasteiger partial charge is 0.254 e. The number of benzene rings is 2. The molecule has 5 rings (SSSR count). The van der Waals surface area contributed by atoms with Crippen LogP contribution in [0.4, 0.5) is 0 Å². The molecule has 3 heterocycles. The van der Waals surface area contributed by atoms with Gasteiger partial charge in [0.05, 0.1) is 11.0 Å². The van der Waals surface area contributed by atoms with E-state index in [1.54, 1.807) is 0 Å². The van der Waals surface area contributed by atoms with Gasteiger partial charge in [-0.05, 0) is 68.6 Å². The Labute approximate surface area is 177 Å². The number of aromatic nitrogens is 2. The summed E-state index contributed by atoms with van der Waals surface area (Å²) in [5.74, 6) is 0.176. The standard InChI is InChI=1S/C23H26N4O.ClH/c1-17-5-4-11-25(17)13-14-26-12-10-18-15-19(8-9-20(18)23(26)28)27-16-24-21-6-2-3-7-22(21)27;/h2-3,6-9,15-17H,4-5,10-14H2,1H3;1H/t17-;/m1./s1. The number of hydrogen-bond donors (Lipinski definition) is 0. The maximum Gasteiger partial charge on any atom is 0.254 e. The molecule has 1 saturated heterocycles. The first-order valence-corrected chi connectivity index (χ1v) is 10.3. The van der Waals surface area contributed by atoms with Crippen LogP contribution in [0.2, 0.25) is 0 Å². The highest BCUT2D eigenvalue weighted by Gasteiger charge is 2.26. The number of para-hydroxylation sites is 2. The minimum atomic E-state index is 0. The predicted octanol–water partition coefficient (Wildman–Crippen LogP) is 3.93. The molecule has 0 unspecified atom stereocenters. The SMILES string of the molecule is C[C@@H]1CCCN1CCN1CCc2cc(-n3cnc4ccccc43)ccc2C1=O.Cl. The van der Waals surface area contributed by atoms with E-state index in [4.69, 9.17) is 0 Å². The van der Waals surface area contributed by atoms with Crippen molar-refractivity contribution in [3.05, 3.63) is 59.9 Å². The molecule has 0 spiro atoms. The van der Waals surface area contributed by atoms with Gasteiger partial charge < -0.3 is 4.90 Å². The number of carbonyl (C=O) groups is 1. The van der Waals surface area contributed by atoms with Crippen LogP contribution in [0.25, 0.3) is 16.7 Å². The van der Waals surface area contributed by atoms with E-state index >= 15 is 0 Å². The summed E-state index contributed by atoms with van der Waals surface area (Å²) < 4.78 is 2.10. The Morgan fingerprint density at radius 2 is 1.97 bits per heavy atom. The summed E-state index contributed by atoms with van der Waals surface area (Å²) in [5, 5.41) is 0. The van der Waals surface area contributed by atoms with Gasteiger partial charge in [-0.1, -0.05) is 12.1 Å². The van der Waals surface area contributed by atoms with E-state index in [0.29, 0.717) is 6.04 Å². The molecule has 2 aliphatic heterocycles. The number of imidazole rings is 1. The third kappa shape index (κ3) is 3.65. The molecule has 6 heteroatoms. The third-order valence-corrected chi connectivity index (χ3v) is 6.34. The summed E-state index contributed by atoms with van der Waals surface area (Å²) in [5.41, 5.74) is 5.14. The first-order valence-electron chi connectivity index (χ1n) is 10.3. The van der Waals surface area contributed by atoms with Crippen molar-refractivity contribution >= 4 is 29.3 Å². The van der Waals surface area contributed by atoms with Crippen LogP contribution < -0.4 is 0 Å². The molecule has 0 radical (unpaired) electrons. The van der Waals surface area contributed by atoms with Gasteiger partial charge >= 0.3 is 0 Å². The average Bonchev–Trinajstić information content (AvgIpc) is 3.33. The van der Waals surface area contributed by atoms with Crippen molar-refractivity contribution in [1.82, 2.24) is 19.4 Å². The summed E-state index contributed by atoms with van der Waals surface area (Å²) in [6, 6.07) is 15.0. The number of likely N-dealkylation sites (tertiary alicyclic amines) is 1. The number of amides is 1. The first kappa shape index (κ1) is 19.9. The van der Waals surface area contributed by atoms with Crippen molar-refractivity contribution in [3.63, 3.8) is 0 Å². The number of carbonyl (C=O) groups excluding carboxylic acids is 1. The molecule has 5 nitrogen and oxygen atoms in total. The van der Waals surface area contributed by atoms with Crippen LogP contribution in [-0.2, 0) is 6.42 Å². The Morgan fingerprint density at radius 3 is 2.79 bits per heavy atom. The molecule has 0 aliphatic carbocycles. The van der Waals surface area contributed by atoms with E-state index in [1.165, 1.54) is 19.4 Å². The molecular formula is C23H27ClN4O. The van der Waals surface area contributed by atoms with Crippen LogP contribution in [0.1, 0.15) is 35.7 Å². The summed E-state index contributed by atoms with van der Waals surface area (Å²) in [6.07, 6.45) is 5.34. The van der Waals surface area contributed by atoms with Crippen LogP contribution in [0.15, 0.2) is 48.8 Å². The van der Waals surface area contributed by atoms with Crippen molar-refractivity contribution in [2.24, 2.45) is 0 Å². The van der Waals surface area contributed by atoms with Gasteiger partial charge in [-0.2, -0.15) is 0 Å². The minimum Gasteiger partial charge on any atom is -0.337 e. The molecule has 2 aromatic carbocycles. The van der Waals surface area contributed by atoms with Crippen molar-refractivity contribution in [1.29, 1.82) is 0 Å². The largest absolute Gasteiger partial charge is 0.337 e. The minimum absolute atomic E-state index is 0. The van der Waals surface area contributed by atoms with Gasteiger partial charge in [0.25, 0.3) is 5.91 Å². The maximum atomic E-state index is 13.0. The molecule has 1 fully saturated rings. The molecule has 152 valence electrons. The lowest BCUT2D eigenvalue weighted by molar-refractivity contribution is 0.0717. The van der Waals surface area contributed by atoms with Crippen molar-refractivity contribution in [2.75, 3.05) is 26.2 Å². The van der Waals surface area contributed by atoms with Crippen molar-refractivity contribution in [2.45, 2.75) is 32.2 Å². The maximum absolute atomic E-state index is 13.0. The topological polar surface area (TPSA) is 41.4 Å². The molecule has 1 amide bonds. The molecule has 0 N–H and O–H groups in total. The fourth-order valence-corrected chi connectivity index (χ4v) is 4.63. The molecular weight excluding hydrogens is 384 g/mol. The average molecular weight is 411 g/mol. The molecule has 3 aromatic rings. The van der Waals surface area contributed by atoms with E-state index in [-0.39, 0.29) is 18.3 Å². The summed E-state index contributed by atoms with van der Waals surface area (Å²) >= 11 is 0. The fourth-order valence-electron chi connectivity index (χ4n) is 4.63. The molecule has 2 aliphatic rings. The van der Waals surface area contributed by atoms with Gasteiger partial charge in [0.1, 0.15) is 6.33 Å².